The molecule has 0 saturated heterocycles. The Labute approximate surface area is 132 Å². The van der Waals surface area contributed by atoms with Gasteiger partial charge in [-0.25, -0.2) is 8.42 Å². The molecule has 0 aromatic heterocycles. The normalized spacial score (nSPS) is 10.8. The van der Waals surface area contributed by atoms with Crippen molar-refractivity contribution in [3.63, 3.8) is 0 Å². The van der Waals surface area contributed by atoms with Crippen molar-refractivity contribution in [2.75, 3.05) is 5.32 Å². The summed E-state index contributed by atoms with van der Waals surface area (Å²) in [6, 6.07) is 10.5. The minimum absolute atomic E-state index is 0.0369. The highest BCUT2D eigenvalue weighted by molar-refractivity contribution is 7.94. The number of hydrogen-bond donors (Lipinski definition) is 1. The van der Waals surface area contributed by atoms with E-state index in [0.717, 1.165) is 6.07 Å². The highest BCUT2D eigenvalue weighted by Gasteiger charge is 2.07. The quantitative estimate of drug-likeness (QED) is 0.665. The van der Waals surface area contributed by atoms with Crippen LogP contribution in [0.2, 0.25) is 0 Å². The molecule has 2 aromatic rings. The Bertz CT molecular complexity index is 847. The Morgan fingerprint density at radius 1 is 1.17 bits per heavy atom. The minimum Gasteiger partial charge on any atom is -0.573 e. The van der Waals surface area contributed by atoms with Gasteiger partial charge >= 0.3 is 0 Å². The summed E-state index contributed by atoms with van der Waals surface area (Å²) in [5.41, 5.74) is 0.166. The summed E-state index contributed by atoms with van der Waals surface area (Å²) in [4.78, 5) is 20.9. The van der Waals surface area contributed by atoms with E-state index in [1.807, 2.05) is 0 Å². The maximum atomic E-state index is 12.2. The van der Waals surface area contributed by atoms with E-state index < -0.39 is 14.9 Å². The molecule has 0 atom stereocenters. The molecule has 1 amide bonds. The van der Waals surface area contributed by atoms with Crippen molar-refractivity contribution in [1.29, 1.82) is 0 Å². The molecule has 0 spiro atoms. The Balaban J connectivity index is 2.23. The number of carbonyl (C=O) groups excluding carboxylic acids is 1. The third-order valence-corrected chi connectivity index (χ3v) is 4.06. The number of carbonyl (C=O) groups is 1. The molecule has 0 saturated carbocycles. The Morgan fingerprint density at radius 2 is 1.83 bits per heavy atom. The molecule has 0 fully saturated rings. The molecule has 8 nitrogen and oxygen atoms in total. The van der Waals surface area contributed by atoms with E-state index >= 15 is 0 Å². The van der Waals surface area contributed by atoms with Gasteiger partial charge in [-0.1, -0.05) is 12.1 Å². The standard InChI is InChI=1S/C14H12N3O5S/c1-10(18)15-11-5-7-14(8-6-11)23(21,22)16-12-3-2-4-13(9-12)17(19)20/h2-9H,1H3,(H,15,18)/q-1. The van der Waals surface area contributed by atoms with E-state index in [1.165, 1.54) is 49.4 Å². The lowest BCUT2D eigenvalue weighted by molar-refractivity contribution is -0.384. The summed E-state index contributed by atoms with van der Waals surface area (Å²) in [7, 11) is -4.01. The lowest BCUT2D eigenvalue weighted by atomic mass is 10.3. The minimum atomic E-state index is -4.01. The average Bonchev–Trinajstić information content (AvgIpc) is 2.47. The fourth-order valence-corrected chi connectivity index (χ4v) is 2.74. The molecule has 0 heterocycles. The topological polar surface area (TPSA) is 120 Å². The first-order chi connectivity index (χ1) is 10.8. The predicted octanol–water partition coefficient (Wildman–Crippen LogP) is 2.95. The van der Waals surface area contributed by atoms with Gasteiger partial charge in [-0.3, -0.25) is 14.9 Å². The molecular weight excluding hydrogens is 322 g/mol. The maximum Gasteiger partial charge on any atom is 0.268 e. The molecule has 0 aliphatic rings. The largest absolute Gasteiger partial charge is 0.573 e. The van der Waals surface area contributed by atoms with E-state index in [4.69, 9.17) is 0 Å². The van der Waals surface area contributed by atoms with E-state index in [-0.39, 0.29) is 22.2 Å². The van der Waals surface area contributed by atoms with Crippen molar-refractivity contribution in [2.45, 2.75) is 11.8 Å². The van der Waals surface area contributed by atoms with Gasteiger partial charge in [0.15, 0.2) is 0 Å². The van der Waals surface area contributed by atoms with Crippen LogP contribution in [0.15, 0.2) is 53.4 Å². The monoisotopic (exact) mass is 334 g/mol. The second-order valence-corrected chi connectivity index (χ2v) is 6.15. The molecule has 23 heavy (non-hydrogen) atoms. The SMILES string of the molecule is CC(=O)Nc1ccc(S(=O)(=O)[N-]c2cccc([N+](=O)[O-])c2)cc1. The number of nitrogens with zero attached hydrogens (tertiary/aromatic N) is 2. The number of non-ortho nitro benzene ring substituents is 1. The first kappa shape index (κ1) is 16.4. The van der Waals surface area contributed by atoms with Crippen LogP contribution in [-0.4, -0.2) is 19.2 Å². The maximum absolute atomic E-state index is 12.2. The van der Waals surface area contributed by atoms with Gasteiger partial charge in [-0.15, -0.1) is 5.69 Å². The van der Waals surface area contributed by atoms with Crippen LogP contribution < -0.4 is 5.32 Å². The second kappa shape index (κ2) is 6.44. The predicted molar refractivity (Wildman–Crippen MR) is 84.0 cm³/mol. The number of hydrogen-bond acceptors (Lipinski definition) is 5. The zero-order valence-electron chi connectivity index (χ0n) is 12.0. The molecule has 0 unspecified atom stereocenters. The summed E-state index contributed by atoms with van der Waals surface area (Å²) in [6.45, 7) is 1.34. The van der Waals surface area contributed by atoms with Gasteiger partial charge in [0.1, 0.15) is 10.0 Å². The van der Waals surface area contributed by atoms with Gasteiger partial charge in [0, 0.05) is 24.7 Å². The zero-order chi connectivity index (χ0) is 17.0. The summed E-state index contributed by atoms with van der Waals surface area (Å²) in [5, 5.41) is 13.2. The van der Waals surface area contributed by atoms with Gasteiger partial charge in [-0.05, 0) is 24.3 Å². The molecule has 120 valence electrons. The summed E-state index contributed by atoms with van der Waals surface area (Å²) in [6.07, 6.45) is 0. The molecule has 0 bridgehead atoms. The number of anilines is 1. The van der Waals surface area contributed by atoms with Crippen LogP contribution >= 0.6 is 0 Å². The van der Waals surface area contributed by atoms with Crippen molar-refractivity contribution in [3.05, 3.63) is 63.4 Å². The molecule has 2 aromatic carbocycles. The van der Waals surface area contributed by atoms with E-state index in [1.54, 1.807) is 0 Å². The van der Waals surface area contributed by atoms with Crippen LogP contribution in [0.25, 0.3) is 4.72 Å². The van der Waals surface area contributed by atoms with E-state index in [2.05, 4.69) is 10.0 Å². The Morgan fingerprint density at radius 3 is 2.39 bits per heavy atom. The summed E-state index contributed by atoms with van der Waals surface area (Å²) < 4.78 is 28.0. The summed E-state index contributed by atoms with van der Waals surface area (Å²) in [5.74, 6) is -0.276. The second-order valence-electron chi connectivity index (χ2n) is 4.55. The summed E-state index contributed by atoms with van der Waals surface area (Å²) >= 11 is 0. The van der Waals surface area contributed by atoms with Crippen molar-refractivity contribution in [1.82, 2.24) is 0 Å². The fraction of sp³-hybridized carbons (Fsp3) is 0.0714. The molecule has 1 N–H and O–H groups in total. The Hall–Kier alpha value is -2.94. The molecule has 0 aliphatic heterocycles. The van der Waals surface area contributed by atoms with Gasteiger partial charge in [0.25, 0.3) is 5.69 Å². The van der Waals surface area contributed by atoms with E-state index in [0.29, 0.717) is 5.69 Å². The first-order valence-electron chi connectivity index (χ1n) is 6.38. The number of sulfonamides is 1. The number of nitro benzene ring substituents is 1. The van der Waals surface area contributed by atoms with Crippen LogP contribution in [0, 0.1) is 10.1 Å². The Kier molecular flexibility index (Phi) is 4.60. The molecule has 0 radical (unpaired) electrons. The van der Waals surface area contributed by atoms with Crippen molar-refractivity contribution >= 4 is 33.0 Å². The van der Waals surface area contributed by atoms with Gasteiger partial charge in [-0.2, -0.15) is 0 Å². The van der Waals surface area contributed by atoms with Crippen LogP contribution in [-0.2, 0) is 14.8 Å². The molecule has 9 heteroatoms. The highest BCUT2D eigenvalue weighted by Crippen LogP contribution is 2.30. The van der Waals surface area contributed by atoms with Crippen LogP contribution in [0.4, 0.5) is 17.1 Å². The van der Waals surface area contributed by atoms with Crippen molar-refractivity contribution in [2.24, 2.45) is 0 Å². The van der Waals surface area contributed by atoms with Gasteiger partial charge in [0.2, 0.25) is 5.91 Å². The lowest BCUT2D eigenvalue weighted by Crippen LogP contribution is -2.06. The van der Waals surface area contributed by atoms with Crippen LogP contribution in [0.5, 0.6) is 0 Å². The number of amides is 1. The smallest absolute Gasteiger partial charge is 0.268 e. The number of benzene rings is 2. The molecule has 2 rings (SSSR count). The van der Waals surface area contributed by atoms with Crippen LogP contribution in [0.3, 0.4) is 0 Å². The molecule has 0 aliphatic carbocycles. The highest BCUT2D eigenvalue weighted by atomic mass is 32.2. The third-order valence-electron chi connectivity index (χ3n) is 2.74. The number of nitro groups is 1. The van der Waals surface area contributed by atoms with Crippen molar-refractivity contribution < 1.29 is 18.1 Å². The first-order valence-corrected chi connectivity index (χ1v) is 7.82. The van der Waals surface area contributed by atoms with Crippen molar-refractivity contribution in [3.8, 4) is 0 Å². The average molecular weight is 334 g/mol. The molecular formula is C14H12N3O5S-. The number of nitrogens with one attached hydrogen (secondary N) is 1. The third kappa shape index (κ3) is 4.27. The van der Waals surface area contributed by atoms with E-state index in [9.17, 15) is 23.3 Å². The van der Waals surface area contributed by atoms with Gasteiger partial charge in [0.05, 0.1) is 9.82 Å². The van der Waals surface area contributed by atoms with Crippen LogP contribution in [0.1, 0.15) is 6.92 Å². The lowest BCUT2D eigenvalue weighted by Gasteiger charge is -2.21. The number of rotatable bonds is 5. The van der Waals surface area contributed by atoms with Gasteiger partial charge < -0.3 is 10.0 Å². The zero-order valence-corrected chi connectivity index (χ0v) is 12.8. The fourth-order valence-electron chi connectivity index (χ4n) is 1.77.